The Morgan fingerprint density at radius 3 is 2.57 bits per heavy atom. The zero-order chi connectivity index (χ0) is 17.0. The van der Waals surface area contributed by atoms with Gasteiger partial charge in [-0.2, -0.15) is 0 Å². The van der Waals surface area contributed by atoms with E-state index in [1.54, 1.807) is 13.0 Å². The number of nitrogens with one attached hydrogen (secondary N) is 1. The smallest absolute Gasteiger partial charge is 0.234 e. The number of sulfonamides is 1. The van der Waals surface area contributed by atoms with E-state index in [9.17, 15) is 13.2 Å². The molecule has 0 atom stereocenters. The summed E-state index contributed by atoms with van der Waals surface area (Å²) in [6.45, 7) is 6.21. The van der Waals surface area contributed by atoms with Gasteiger partial charge in [0.25, 0.3) is 0 Å². The minimum Gasteiger partial charge on any atom is -0.326 e. The van der Waals surface area contributed by atoms with Crippen LogP contribution in [0, 0.1) is 5.92 Å². The van der Waals surface area contributed by atoms with Crippen LogP contribution < -0.4 is 9.62 Å². The Morgan fingerprint density at radius 1 is 1.26 bits per heavy atom. The lowest BCUT2D eigenvalue weighted by Crippen LogP contribution is -2.36. The van der Waals surface area contributed by atoms with Crippen molar-refractivity contribution in [3.63, 3.8) is 0 Å². The van der Waals surface area contributed by atoms with Crippen LogP contribution in [-0.2, 0) is 21.2 Å². The maximum Gasteiger partial charge on any atom is 0.234 e. The van der Waals surface area contributed by atoms with Crippen LogP contribution in [0.1, 0.15) is 45.6 Å². The van der Waals surface area contributed by atoms with Gasteiger partial charge in [0.2, 0.25) is 15.9 Å². The average Bonchev–Trinajstić information content (AvgIpc) is 2.55. The van der Waals surface area contributed by atoms with Crippen molar-refractivity contribution < 1.29 is 13.2 Å². The van der Waals surface area contributed by atoms with Crippen LogP contribution in [0.4, 0.5) is 11.4 Å². The molecule has 1 amide bonds. The summed E-state index contributed by atoms with van der Waals surface area (Å²) in [7, 11) is -3.25. The van der Waals surface area contributed by atoms with Gasteiger partial charge in [-0.05, 0) is 56.4 Å². The molecule has 1 aliphatic heterocycles. The van der Waals surface area contributed by atoms with Crippen LogP contribution in [-0.4, -0.2) is 26.6 Å². The molecule has 5 nitrogen and oxygen atoms in total. The molecule has 1 aromatic rings. The lowest BCUT2D eigenvalue weighted by atomic mass is 10.0. The van der Waals surface area contributed by atoms with Gasteiger partial charge in [-0.3, -0.25) is 9.10 Å². The van der Waals surface area contributed by atoms with Gasteiger partial charge in [0.1, 0.15) is 0 Å². The molecule has 0 spiro atoms. The molecule has 1 aromatic carbocycles. The molecule has 0 unspecified atom stereocenters. The van der Waals surface area contributed by atoms with E-state index in [-0.39, 0.29) is 17.6 Å². The summed E-state index contributed by atoms with van der Waals surface area (Å²) in [5, 5.41) is 2.95. The van der Waals surface area contributed by atoms with E-state index in [0.717, 1.165) is 42.6 Å². The Balaban J connectivity index is 2.25. The monoisotopic (exact) mass is 338 g/mol. The molecule has 0 aliphatic carbocycles. The summed E-state index contributed by atoms with van der Waals surface area (Å²) in [6.07, 6.45) is 3.27. The van der Waals surface area contributed by atoms with Crippen molar-refractivity contribution in [2.75, 3.05) is 21.9 Å². The van der Waals surface area contributed by atoms with Crippen LogP contribution in [0.3, 0.4) is 0 Å². The minimum absolute atomic E-state index is 0.0167. The second-order valence-corrected chi connectivity index (χ2v) is 8.10. The largest absolute Gasteiger partial charge is 0.326 e. The van der Waals surface area contributed by atoms with E-state index < -0.39 is 10.0 Å². The summed E-state index contributed by atoms with van der Waals surface area (Å²) < 4.78 is 25.9. The highest BCUT2D eigenvalue weighted by Crippen LogP contribution is 2.32. The lowest BCUT2D eigenvalue weighted by Gasteiger charge is -2.30. The molecule has 128 valence electrons. The first kappa shape index (κ1) is 17.8. The van der Waals surface area contributed by atoms with Gasteiger partial charge in [0.05, 0.1) is 11.4 Å². The fourth-order valence-corrected chi connectivity index (χ4v) is 4.19. The highest BCUT2D eigenvalue weighted by Gasteiger charge is 2.26. The molecular formula is C17H26N2O3S. The van der Waals surface area contributed by atoms with E-state index in [0.29, 0.717) is 6.54 Å². The molecule has 0 bridgehead atoms. The third kappa shape index (κ3) is 3.86. The van der Waals surface area contributed by atoms with E-state index in [1.807, 2.05) is 26.0 Å². The van der Waals surface area contributed by atoms with Crippen molar-refractivity contribution in [2.45, 2.75) is 46.5 Å². The molecule has 0 saturated heterocycles. The Labute approximate surface area is 139 Å². The van der Waals surface area contributed by atoms with Crippen molar-refractivity contribution in [2.24, 2.45) is 5.92 Å². The van der Waals surface area contributed by atoms with Gasteiger partial charge in [0, 0.05) is 18.2 Å². The molecular weight excluding hydrogens is 312 g/mol. The molecule has 23 heavy (non-hydrogen) atoms. The predicted octanol–water partition coefficient (Wildman–Crippen LogP) is 3.16. The molecule has 0 radical (unpaired) electrons. The number of carbonyl (C=O) groups is 1. The number of aryl methyl sites for hydroxylation is 1. The van der Waals surface area contributed by atoms with Gasteiger partial charge < -0.3 is 5.32 Å². The number of nitrogens with zero attached hydrogens (tertiary/aromatic N) is 1. The van der Waals surface area contributed by atoms with Crippen molar-refractivity contribution in [1.82, 2.24) is 0 Å². The Kier molecular flexibility index (Phi) is 5.68. The second-order valence-electron chi connectivity index (χ2n) is 5.92. The van der Waals surface area contributed by atoms with Crippen molar-refractivity contribution in [3.05, 3.63) is 23.8 Å². The molecule has 0 aromatic heterocycles. The number of hydrogen-bond acceptors (Lipinski definition) is 3. The van der Waals surface area contributed by atoms with Gasteiger partial charge in [-0.25, -0.2) is 8.42 Å². The maximum absolute atomic E-state index is 12.2. The van der Waals surface area contributed by atoms with Crippen LogP contribution in [0.5, 0.6) is 0 Å². The fraction of sp³-hybridized carbons (Fsp3) is 0.588. The van der Waals surface area contributed by atoms with Gasteiger partial charge in [-0.15, -0.1) is 0 Å². The average molecular weight is 338 g/mol. The molecule has 6 heteroatoms. The summed E-state index contributed by atoms with van der Waals surface area (Å²) in [6, 6.07) is 5.51. The van der Waals surface area contributed by atoms with Crippen molar-refractivity contribution >= 4 is 27.3 Å². The Morgan fingerprint density at radius 2 is 1.96 bits per heavy atom. The van der Waals surface area contributed by atoms with Crippen molar-refractivity contribution in [1.29, 1.82) is 0 Å². The SMILES string of the molecule is CCC(CC)C(=O)Nc1ccc2c(c1)CCCN2S(=O)(=O)CC. The topological polar surface area (TPSA) is 66.5 Å². The number of anilines is 2. The minimum atomic E-state index is -3.25. The lowest BCUT2D eigenvalue weighted by molar-refractivity contribution is -0.120. The van der Waals surface area contributed by atoms with Crippen LogP contribution in [0.2, 0.25) is 0 Å². The zero-order valence-electron chi connectivity index (χ0n) is 14.1. The van der Waals surface area contributed by atoms with E-state index in [1.165, 1.54) is 4.31 Å². The molecule has 2 rings (SSSR count). The normalized spacial score (nSPS) is 14.7. The number of fused-ring (bicyclic) bond motifs is 1. The summed E-state index contributed by atoms with van der Waals surface area (Å²) >= 11 is 0. The quantitative estimate of drug-likeness (QED) is 0.866. The summed E-state index contributed by atoms with van der Waals surface area (Å²) in [5.74, 6) is 0.145. The molecule has 0 fully saturated rings. The highest BCUT2D eigenvalue weighted by atomic mass is 32.2. The number of hydrogen-bond donors (Lipinski definition) is 1. The van der Waals surface area contributed by atoms with Crippen LogP contribution in [0.15, 0.2) is 18.2 Å². The number of rotatable bonds is 6. The first-order chi connectivity index (χ1) is 10.9. The highest BCUT2D eigenvalue weighted by molar-refractivity contribution is 7.92. The van der Waals surface area contributed by atoms with Crippen LogP contribution >= 0.6 is 0 Å². The second kappa shape index (κ2) is 7.34. The summed E-state index contributed by atoms with van der Waals surface area (Å²) in [4.78, 5) is 12.2. The molecule has 1 aliphatic rings. The van der Waals surface area contributed by atoms with Gasteiger partial charge in [0.15, 0.2) is 0 Å². The molecule has 1 heterocycles. The zero-order valence-corrected chi connectivity index (χ0v) is 14.9. The number of carbonyl (C=O) groups excluding carboxylic acids is 1. The first-order valence-corrected chi connectivity index (χ1v) is 9.98. The van der Waals surface area contributed by atoms with Gasteiger partial charge >= 0.3 is 0 Å². The third-order valence-corrected chi connectivity index (χ3v) is 6.26. The van der Waals surface area contributed by atoms with E-state index in [2.05, 4.69) is 5.32 Å². The van der Waals surface area contributed by atoms with Crippen molar-refractivity contribution in [3.8, 4) is 0 Å². The molecule has 1 N–H and O–H groups in total. The summed E-state index contributed by atoms with van der Waals surface area (Å²) in [5.41, 5.74) is 2.48. The van der Waals surface area contributed by atoms with E-state index in [4.69, 9.17) is 0 Å². The predicted molar refractivity (Wildman–Crippen MR) is 94.3 cm³/mol. The number of benzene rings is 1. The number of amides is 1. The van der Waals surface area contributed by atoms with Gasteiger partial charge in [-0.1, -0.05) is 13.8 Å². The Hall–Kier alpha value is -1.56. The Bertz CT molecular complexity index is 666. The fourth-order valence-electron chi connectivity index (χ4n) is 2.99. The third-order valence-electron chi connectivity index (χ3n) is 4.48. The standard InChI is InChI=1S/C17H26N2O3S/c1-4-13(5-2)17(20)18-15-9-10-16-14(12-15)8-7-11-19(16)23(21,22)6-3/h9-10,12-13H,4-8,11H2,1-3H3,(H,18,20). The van der Waals surface area contributed by atoms with E-state index >= 15 is 0 Å². The van der Waals surface area contributed by atoms with Crippen LogP contribution in [0.25, 0.3) is 0 Å². The molecule has 0 saturated carbocycles. The first-order valence-electron chi connectivity index (χ1n) is 8.37. The maximum atomic E-state index is 12.2.